The number of aliphatic hydroxyl groups is 1. The van der Waals surface area contributed by atoms with Gasteiger partial charge in [0.25, 0.3) is 0 Å². The van der Waals surface area contributed by atoms with Crippen molar-refractivity contribution in [2.45, 2.75) is 77.6 Å². The molecule has 0 spiro atoms. The van der Waals surface area contributed by atoms with Crippen LogP contribution in [0.15, 0.2) is 34.1 Å². The predicted octanol–water partition coefficient (Wildman–Crippen LogP) is 7.05. The molecule has 0 unspecified atom stereocenters. The molecule has 166 valence electrons. The summed E-state index contributed by atoms with van der Waals surface area (Å²) in [5.74, 6) is 1.75. The minimum Gasteiger partial charge on any atom is -0.396 e. The number of rotatable bonds is 16. The number of hydrogen-bond donors (Lipinski definition) is 1. The summed E-state index contributed by atoms with van der Waals surface area (Å²) < 4.78 is 0. The van der Waals surface area contributed by atoms with Gasteiger partial charge < -0.3 is 5.11 Å². The van der Waals surface area contributed by atoms with Gasteiger partial charge in [-0.15, -0.1) is 23.5 Å². The number of fused-ring (bicyclic) bond motifs is 1. The third kappa shape index (κ3) is 7.90. The van der Waals surface area contributed by atoms with Crippen LogP contribution in [0.2, 0.25) is 0 Å². The Hall–Kier alpha value is -1.04. The summed E-state index contributed by atoms with van der Waals surface area (Å²) >= 11 is 3.12. The second kappa shape index (κ2) is 14.9. The number of carbonyl (C=O) groups is 2. The molecule has 5 heteroatoms. The Morgan fingerprint density at radius 2 is 1.10 bits per heavy atom. The van der Waals surface area contributed by atoms with Crippen molar-refractivity contribution in [2.75, 3.05) is 18.1 Å². The third-order valence-electron chi connectivity index (χ3n) is 5.33. The lowest BCUT2D eigenvalue weighted by Gasteiger charge is -2.20. The number of benzene rings is 1. The molecular weight excluding hydrogens is 412 g/mol. The van der Waals surface area contributed by atoms with Crippen LogP contribution in [0, 0.1) is 0 Å². The van der Waals surface area contributed by atoms with E-state index >= 15 is 0 Å². The molecule has 30 heavy (non-hydrogen) atoms. The van der Waals surface area contributed by atoms with Crippen molar-refractivity contribution in [2.24, 2.45) is 0 Å². The summed E-state index contributed by atoms with van der Waals surface area (Å²) in [6.07, 6.45) is 12.6. The van der Waals surface area contributed by atoms with E-state index in [1.807, 2.05) is 12.1 Å². The largest absolute Gasteiger partial charge is 0.396 e. The van der Waals surface area contributed by atoms with Crippen LogP contribution in [0.5, 0.6) is 0 Å². The van der Waals surface area contributed by atoms with Gasteiger partial charge in [-0.25, -0.2) is 0 Å². The van der Waals surface area contributed by atoms with Gasteiger partial charge in [-0.1, -0.05) is 82.6 Å². The van der Waals surface area contributed by atoms with E-state index in [1.54, 1.807) is 35.7 Å². The van der Waals surface area contributed by atoms with E-state index in [0.29, 0.717) is 20.9 Å². The predicted molar refractivity (Wildman–Crippen MR) is 131 cm³/mol. The average molecular weight is 449 g/mol. The van der Waals surface area contributed by atoms with Crippen LogP contribution < -0.4 is 0 Å². The summed E-state index contributed by atoms with van der Waals surface area (Å²) in [6, 6.07) is 7.22. The van der Waals surface area contributed by atoms with E-state index < -0.39 is 0 Å². The summed E-state index contributed by atoms with van der Waals surface area (Å²) in [5.41, 5.74) is 1.10. The summed E-state index contributed by atoms with van der Waals surface area (Å²) in [5, 5.41) is 8.90. The minimum absolute atomic E-state index is 0.00706. The van der Waals surface area contributed by atoms with Crippen molar-refractivity contribution >= 4 is 35.1 Å². The van der Waals surface area contributed by atoms with E-state index in [2.05, 4.69) is 6.92 Å². The third-order valence-corrected chi connectivity index (χ3v) is 7.80. The SMILES string of the molecule is CCCCCCCCCSC1=C(SCCCCCCO)C(=O)c2ccccc2C1=O. The highest BCUT2D eigenvalue weighted by molar-refractivity contribution is 8.08. The zero-order chi connectivity index (χ0) is 21.6. The van der Waals surface area contributed by atoms with Crippen molar-refractivity contribution in [1.29, 1.82) is 0 Å². The second-order valence-electron chi connectivity index (χ2n) is 7.82. The number of aliphatic hydroxyl groups excluding tert-OH is 1. The maximum atomic E-state index is 13.1. The van der Waals surface area contributed by atoms with E-state index in [0.717, 1.165) is 43.6 Å². The standard InChI is InChI=1S/C25H36O3S2/c1-2-3-4-5-6-8-13-18-29-24-22(27)20-15-10-11-16-21(20)23(28)25(24)30-19-14-9-7-12-17-26/h10-11,15-16,26H,2-9,12-14,17-19H2,1H3. The molecule has 0 heterocycles. The van der Waals surface area contributed by atoms with Gasteiger partial charge in [-0.2, -0.15) is 0 Å². The van der Waals surface area contributed by atoms with Gasteiger partial charge in [0.1, 0.15) is 0 Å². The zero-order valence-corrected chi connectivity index (χ0v) is 19.9. The average Bonchev–Trinajstić information content (AvgIpc) is 2.77. The van der Waals surface area contributed by atoms with E-state index in [1.165, 1.54) is 38.5 Å². The second-order valence-corrected chi connectivity index (χ2v) is 10.0. The molecule has 1 N–H and O–H groups in total. The van der Waals surface area contributed by atoms with Crippen molar-refractivity contribution in [3.8, 4) is 0 Å². The van der Waals surface area contributed by atoms with Gasteiger partial charge in [-0.05, 0) is 30.8 Å². The first kappa shape index (κ1) is 25.2. The first-order valence-corrected chi connectivity index (χ1v) is 13.5. The molecule has 0 saturated carbocycles. The van der Waals surface area contributed by atoms with Gasteiger partial charge in [0.05, 0.1) is 9.81 Å². The maximum Gasteiger partial charge on any atom is 0.201 e. The summed E-state index contributed by atoms with van der Waals surface area (Å²) in [6.45, 7) is 2.47. The molecule has 0 saturated heterocycles. The number of unbranched alkanes of at least 4 members (excludes halogenated alkanes) is 9. The lowest BCUT2D eigenvalue weighted by molar-refractivity contribution is 0.0988. The lowest BCUT2D eigenvalue weighted by Crippen LogP contribution is -2.20. The Balaban J connectivity index is 1.94. The number of hydrogen-bond acceptors (Lipinski definition) is 5. The Kier molecular flexibility index (Phi) is 12.5. The smallest absolute Gasteiger partial charge is 0.201 e. The molecule has 1 aliphatic rings. The Bertz CT molecular complexity index is 712. The molecule has 1 aromatic carbocycles. The highest BCUT2D eigenvalue weighted by Gasteiger charge is 2.32. The lowest BCUT2D eigenvalue weighted by atomic mass is 9.94. The molecule has 0 atom stereocenters. The fourth-order valence-electron chi connectivity index (χ4n) is 3.57. The van der Waals surface area contributed by atoms with Crippen LogP contribution in [0.4, 0.5) is 0 Å². The van der Waals surface area contributed by atoms with Gasteiger partial charge >= 0.3 is 0 Å². The molecule has 0 fully saturated rings. The Morgan fingerprint density at radius 1 is 0.667 bits per heavy atom. The van der Waals surface area contributed by atoms with Gasteiger partial charge in [-0.3, -0.25) is 9.59 Å². The number of Topliss-reactive ketones (excluding diaryl/α,β-unsaturated/α-hetero) is 2. The van der Waals surface area contributed by atoms with E-state index in [4.69, 9.17) is 5.11 Å². The monoisotopic (exact) mass is 448 g/mol. The number of ketones is 2. The molecular formula is C25H36O3S2. The molecule has 0 amide bonds. The first-order chi connectivity index (χ1) is 14.7. The van der Waals surface area contributed by atoms with Crippen LogP contribution in [-0.4, -0.2) is 34.8 Å². The highest BCUT2D eigenvalue weighted by atomic mass is 32.2. The van der Waals surface area contributed by atoms with E-state index in [-0.39, 0.29) is 18.2 Å². The molecule has 0 radical (unpaired) electrons. The highest BCUT2D eigenvalue weighted by Crippen LogP contribution is 2.38. The molecule has 0 bridgehead atoms. The molecule has 3 nitrogen and oxygen atoms in total. The van der Waals surface area contributed by atoms with Gasteiger partial charge in [0.2, 0.25) is 11.6 Å². The van der Waals surface area contributed by atoms with Crippen molar-refractivity contribution in [3.05, 3.63) is 45.2 Å². The van der Waals surface area contributed by atoms with Crippen LogP contribution in [-0.2, 0) is 0 Å². The van der Waals surface area contributed by atoms with Crippen LogP contribution in [0.25, 0.3) is 0 Å². The number of carbonyl (C=O) groups excluding carboxylic acids is 2. The Labute approximate surface area is 190 Å². The number of thioether (sulfide) groups is 2. The molecule has 2 rings (SSSR count). The van der Waals surface area contributed by atoms with Gasteiger partial charge in [0, 0.05) is 17.7 Å². The van der Waals surface area contributed by atoms with Crippen molar-refractivity contribution < 1.29 is 14.7 Å². The van der Waals surface area contributed by atoms with E-state index in [9.17, 15) is 9.59 Å². The Morgan fingerprint density at radius 3 is 1.57 bits per heavy atom. The zero-order valence-electron chi connectivity index (χ0n) is 18.3. The van der Waals surface area contributed by atoms with Crippen molar-refractivity contribution in [3.63, 3.8) is 0 Å². The molecule has 1 aliphatic carbocycles. The maximum absolute atomic E-state index is 13.1. The number of allylic oxidation sites excluding steroid dienone is 2. The minimum atomic E-state index is 0.00706. The molecule has 1 aromatic rings. The van der Waals surface area contributed by atoms with Crippen LogP contribution >= 0.6 is 23.5 Å². The summed E-state index contributed by atoms with van der Waals surface area (Å²) in [7, 11) is 0. The van der Waals surface area contributed by atoms with Crippen LogP contribution in [0.3, 0.4) is 0 Å². The first-order valence-electron chi connectivity index (χ1n) is 11.5. The van der Waals surface area contributed by atoms with Crippen molar-refractivity contribution in [1.82, 2.24) is 0 Å². The topological polar surface area (TPSA) is 54.4 Å². The van der Waals surface area contributed by atoms with Crippen LogP contribution in [0.1, 0.15) is 98.3 Å². The fraction of sp³-hybridized carbons (Fsp3) is 0.600. The molecule has 0 aliphatic heterocycles. The van der Waals surface area contributed by atoms with Gasteiger partial charge in [0.15, 0.2) is 0 Å². The normalized spacial score (nSPS) is 13.8. The fourth-order valence-corrected chi connectivity index (χ4v) is 5.96. The quantitative estimate of drug-likeness (QED) is 0.275. The molecule has 0 aromatic heterocycles. The summed E-state index contributed by atoms with van der Waals surface area (Å²) in [4.78, 5) is 27.5.